The maximum atomic E-state index is 5.82. The van der Waals surface area contributed by atoms with Gasteiger partial charge >= 0.3 is 0 Å². The van der Waals surface area contributed by atoms with Crippen molar-refractivity contribution in [1.29, 1.82) is 0 Å². The summed E-state index contributed by atoms with van der Waals surface area (Å²) in [6.45, 7) is 10.1. The summed E-state index contributed by atoms with van der Waals surface area (Å²) >= 11 is 0. The second kappa shape index (κ2) is 14.4. The Hall–Kier alpha value is -0.0400. The van der Waals surface area contributed by atoms with Crippen molar-refractivity contribution in [3.05, 3.63) is 0 Å². The minimum atomic E-state index is 0.450. The highest BCUT2D eigenvalue weighted by Crippen LogP contribution is 2.17. The molecule has 0 aliphatic carbocycles. The van der Waals surface area contributed by atoms with E-state index in [1.165, 1.54) is 70.6 Å². The summed E-state index contributed by atoms with van der Waals surface area (Å²) in [7, 11) is 0. The largest absolute Gasteiger partial charge is 0.379 e. The molecule has 0 bridgehead atoms. The highest BCUT2D eigenvalue weighted by Gasteiger charge is 2.08. The summed E-state index contributed by atoms with van der Waals surface area (Å²) in [5, 5.41) is 0. The molecule has 19 heavy (non-hydrogen) atoms. The summed E-state index contributed by atoms with van der Waals surface area (Å²) in [5.74, 6) is 0.826. The molecule has 0 saturated carbocycles. The number of hydrogen-bond acceptors (Lipinski definition) is 1. The van der Waals surface area contributed by atoms with Crippen LogP contribution in [0.1, 0.15) is 98.3 Å². The monoisotopic (exact) mass is 270 g/mol. The molecule has 2 unspecified atom stereocenters. The average Bonchev–Trinajstić information content (AvgIpc) is 2.38. The molecule has 2 atom stereocenters. The van der Waals surface area contributed by atoms with Gasteiger partial charge in [-0.15, -0.1) is 0 Å². The van der Waals surface area contributed by atoms with E-state index < -0.39 is 0 Å². The van der Waals surface area contributed by atoms with Crippen LogP contribution >= 0.6 is 0 Å². The fourth-order valence-corrected chi connectivity index (χ4v) is 2.63. The van der Waals surface area contributed by atoms with Gasteiger partial charge in [-0.2, -0.15) is 0 Å². The highest BCUT2D eigenvalue weighted by molar-refractivity contribution is 4.60. The standard InChI is InChI=1S/C18H38O/c1-5-7-9-10-11-12-13-14-17(3)16-18(4)19-15-8-6-2/h17-18H,5-16H2,1-4H3. The van der Waals surface area contributed by atoms with Gasteiger partial charge in [-0.05, 0) is 25.7 Å². The smallest absolute Gasteiger partial charge is 0.0549 e. The third-order valence-electron chi connectivity index (χ3n) is 3.94. The molecule has 0 N–H and O–H groups in total. The normalized spacial score (nSPS) is 14.5. The molecule has 0 aliphatic heterocycles. The Morgan fingerprint density at radius 1 is 0.737 bits per heavy atom. The number of rotatable bonds is 14. The van der Waals surface area contributed by atoms with Crippen LogP contribution in [0.25, 0.3) is 0 Å². The van der Waals surface area contributed by atoms with E-state index in [1.807, 2.05) is 0 Å². The molecule has 0 fully saturated rings. The minimum absolute atomic E-state index is 0.450. The first-order valence-corrected chi connectivity index (χ1v) is 8.82. The van der Waals surface area contributed by atoms with Gasteiger partial charge in [0.2, 0.25) is 0 Å². The Bertz CT molecular complexity index is 167. The van der Waals surface area contributed by atoms with E-state index in [4.69, 9.17) is 4.74 Å². The molecule has 1 heteroatoms. The third kappa shape index (κ3) is 14.2. The zero-order chi connectivity index (χ0) is 14.3. The van der Waals surface area contributed by atoms with Gasteiger partial charge in [0, 0.05) is 6.61 Å². The lowest BCUT2D eigenvalue weighted by molar-refractivity contribution is 0.0475. The Kier molecular flexibility index (Phi) is 14.3. The number of ether oxygens (including phenoxy) is 1. The Morgan fingerprint density at radius 2 is 1.32 bits per heavy atom. The van der Waals surface area contributed by atoms with Crippen molar-refractivity contribution < 1.29 is 4.74 Å². The highest BCUT2D eigenvalue weighted by atomic mass is 16.5. The van der Waals surface area contributed by atoms with Gasteiger partial charge in [0.05, 0.1) is 6.10 Å². The van der Waals surface area contributed by atoms with Crippen molar-refractivity contribution in [3.63, 3.8) is 0 Å². The molecule has 0 spiro atoms. The zero-order valence-corrected chi connectivity index (χ0v) is 14.0. The summed E-state index contributed by atoms with van der Waals surface area (Å²) in [6.07, 6.45) is 15.4. The van der Waals surface area contributed by atoms with Gasteiger partial charge in [0.15, 0.2) is 0 Å². The predicted octanol–water partition coefficient (Wildman–Crippen LogP) is 6.36. The molecule has 1 nitrogen and oxygen atoms in total. The van der Waals surface area contributed by atoms with Gasteiger partial charge in [0.25, 0.3) is 0 Å². The lowest BCUT2D eigenvalue weighted by atomic mass is 9.96. The first-order valence-electron chi connectivity index (χ1n) is 8.82. The molecular formula is C18H38O. The Morgan fingerprint density at radius 3 is 1.95 bits per heavy atom. The van der Waals surface area contributed by atoms with Crippen molar-refractivity contribution >= 4 is 0 Å². The van der Waals surface area contributed by atoms with Gasteiger partial charge in [0.1, 0.15) is 0 Å². The predicted molar refractivity (Wildman–Crippen MR) is 86.7 cm³/mol. The maximum Gasteiger partial charge on any atom is 0.0549 e. The second-order valence-electron chi connectivity index (χ2n) is 6.29. The van der Waals surface area contributed by atoms with Crippen molar-refractivity contribution in [1.82, 2.24) is 0 Å². The Balaban J connectivity index is 3.30. The number of hydrogen-bond donors (Lipinski definition) is 0. The van der Waals surface area contributed by atoms with Crippen LogP contribution in [0.5, 0.6) is 0 Å². The van der Waals surface area contributed by atoms with E-state index in [2.05, 4.69) is 27.7 Å². The van der Waals surface area contributed by atoms with Crippen molar-refractivity contribution in [3.8, 4) is 0 Å². The second-order valence-corrected chi connectivity index (χ2v) is 6.29. The lowest BCUT2D eigenvalue weighted by Crippen LogP contribution is -2.13. The van der Waals surface area contributed by atoms with E-state index in [9.17, 15) is 0 Å². The van der Waals surface area contributed by atoms with Gasteiger partial charge in [-0.1, -0.05) is 78.6 Å². The van der Waals surface area contributed by atoms with E-state index in [0.717, 1.165) is 12.5 Å². The molecule has 0 aromatic carbocycles. The van der Waals surface area contributed by atoms with Crippen molar-refractivity contribution in [2.75, 3.05) is 6.61 Å². The summed E-state index contributed by atoms with van der Waals surface area (Å²) < 4.78 is 5.82. The first-order chi connectivity index (χ1) is 9.20. The third-order valence-corrected chi connectivity index (χ3v) is 3.94. The van der Waals surface area contributed by atoms with E-state index in [-0.39, 0.29) is 0 Å². The SMILES string of the molecule is CCCCCCCCCC(C)CC(C)OCCCC. The van der Waals surface area contributed by atoms with Crippen LogP contribution in [-0.2, 0) is 4.74 Å². The van der Waals surface area contributed by atoms with E-state index >= 15 is 0 Å². The zero-order valence-electron chi connectivity index (χ0n) is 14.0. The van der Waals surface area contributed by atoms with Crippen LogP contribution in [0, 0.1) is 5.92 Å². The molecule has 0 saturated heterocycles. The molecule has 0 radical (unpaired) electrons. The fraction of sp³-hybridized carbons (Fsp3) is 1.00. The van der Waals surface area contributed by atoms with E-state index in [0.29, 0.717) is 6.10 Å². The molecule has 0 heterocycles. The maximum absolute atomic E-state index is 5.82. The minimum Gasteiger partial charge on any atom is -0.379 e. The lowest BCUT2D eigenvalue weighted by Gasteiger charge is -2.17. The molecule has 0 aromatic rings. The van der Waals surface area contributed by atoms with Gasteiger partial charge in [-0.3, -0.25) is 0 Å². The summed E-state index contributed by atoms with van der Waals surface area (Å²) in [5.41, 5.74) is 0. The molecule has 0 aromatic heterocycles. The van der Waals surface area contributed by atoms with Crippen LogP contribution in [0.3, 0.4) is 0 Å². The van der Waals surface area contributed by atoms with Gasteiger partial charge in [-0.25, -0.2) is 0 Å². The van der Waals surface area contributed by atoms with Crippen LogP contribution in [0.4, 0.5) is 0 Å². The quantitative estimate of drug-likeness (QED) is 0.334. The fourth-order valence-electron chi connectivity index (χ4n) is 2.63. The molecular weight excluding hydrogens is 232 g/mol. The topological polar surface area (TPSA) is 9.23 Å². The summed E-state index contributed by atoms with van der Waals surface area (Å²) in [6, 6.07) is 0. The molecule has 116 valence electrons. The molecule has 0 amide bonds. The van der Waals surface area contributed by atoms with Crippen LogP contribution < -0.4 is 0 Å². The first kappa shape index (κ1) is 19.0. The van der Waals surface area contributed by atoms with Crippen molar-refractivity contribution in [2.45, 2.75) is 104 Å². The van der Waals surface area contributed by atoms with Crippen LogP contribution in [0.15, 0.2) is 0 Å². The molecule has 0 aliphatic rings. The van der Waals surface area contributed by atoms with Crippen LogP contribution in [-0.4, -0.2) is 12.7 Å². The summed E-state index contributed by atoms with van der Waals surface area (Å²) in [4.78, 5) is 0. The number of unbranched alkanes of at least 4 members (excludes halogenated alkanes) is 7. The molecule has 0 rings (SSSR count). The van der Waals surface area contributed by atoms with Gasteiger partial charge < -0.3 is 4.74 Å². The van der Waals surface area contributed by atoms with Crippen molar-refractivity contribution in [2.24, 2.45) is 5.92 Å². The van der Waals surface area contributed by atoms with E-state index in [1.54, 1.807) is 0 Å². The van der Waals surface area contributed by atoms with Crippen LogP contribution in [0.2, 0.25) is 0 Å². The average molecular weight is 271 g/mol. The Labute approximate surface area is 122 Å².